The molecule has 0 saturated heterocycles. The summed E-state index contributed by atoms with van der Waals surface area (Å²) in [5, 5.41) is 17.0. The van der Waals surface area contributed by atoms with Gasteiger partial charge in [-0.3, -0.25) is 4.79 Å². The highest BCUT2D eigenvalue weighted by Gasteiger charge is 2.09. The number of nitrogens with zero attached hydrogens (tertiary/aromatic N) is 4. The molecular formula is C13H18N4O2. The molecule has 0 spiro atoms. The lowest BCUT2D eigenvalue weighted by Crippen LogP contribution is -2.24. The molecule has 0 aliphatic heterocycles. The molecule has 1 aromatic heterocycles. The molecule has 19 heavy (non-hydrogen) atoms. The molecule has 2 rings (SSSR count). The maximum Gasteiger partial charge on any atom is 0.323 e. The summed E-state index contributed by atoms with van der Waals surface area (Å²) in [5.41, 5.74) is 2.62. The zero-order valence-corrected chi connectivity index (χ0v) is 11.2. The first-order valence-corrected chi connectivity index (χ1v) is 6.38. The summed E-state index contributed by atoms with van der Waals surface area (Å²) in [6, 6.07) is 5.71. The second-order valence-electron chi connectivity index (χ2n) is 4.59. The van der Waals surface area contributed by atoms with E-state index in [9.17, 15) is 4.79 Å². The number of aryl methyl sites for hydroxylation is 1. The minimum atomic E-state index is -0.853. The van der Waals surface area contributed by atoms with Crippen molar-refractivity contribution in [1.82, 2.24) is 15.0 Å². The number of aliphatic carboxylic acids is 1. The first-order chi connectivity index (χ1) is 9.11. The fraction of sp³-hybridized carbons (Fsp3) is 0.462. The Kier molecular flexibility index (Phi) is 3.99. The van der Waals surface area contributed by atoms with Crippen molar-refractivity contribution in [2.45, 2.75) is 26.3 Å². The zero-order valence-electron chi connectivity index (χ0n) is 11.2. The number of benzene rings is 1. The quantitative estimate of drug-likeness (QED) is 0.858. The maximum atomic E-state index is 10.7. The van der Waals surface area contributed by atoms with E-state index < -0.39 is 5.97 Å². The first-order valence-electron chi connectivity index (χ1n) is 6.38. The van der Waals surface area contributed by atoms with Crippen LogP contribution in [0.25, 0.3) is 11.0 Å². The van der Waals surface area contributed by atoms with Gasteiger partial charge in [-0.2, -0.15) is 0 Å². The van der Waals surface area contributed by atoms with Gasteiger partial charge in [-0.25, -0.2) is 4.68 Å². The first kappa shape index (κ1) is 13.3. The van der Waals surface area contributed by atoms with Gasteiger partial charge >= 0.3 is 5.97 Å². The number of carbonyl (C=O) groups is 1. The molecule has 0 fully saturated rings. The van der Waals surface area contributed by atoms with Gasteiger partial charge in [0.25, 0.3) is 0 Å². The average Bonchev–Trinajstić information content (AvgIpc) is 2.77. The van der Waals surface area contributed by atoms with Crippen molar-refractivity contribution in [3.63, 3.8) is 0 Å². The minimum absolute atomic E-state index is 0.0323. The Hall–Kier alpha value is -2.11. The molecule has 0 atom stereocenters. The van der Waals surface area contributed by atoms with Gasteiger partial charge in [-0.1, -0.05) is 18.6 Å². The summed E-state index contributed by atoms with van der Waals surface area (Å²) in [4.78, 5) is 12.4. The van der Waals surface area contributed by atoms with E-state index in [1.807, 2.05) is 22.9 Å². The van der Waals surface area contributed by atoms with E-state index in [4.69, 9.17) is 5.11 Å². The van der Waals surface area contributed by atoms with E-state index in [1.54, 1.807) is 11.9 Å². The highest BCUT2D eigenvalue weighted by atomic mass is 16.4. The van der Waals surface area contributed by atoms with Crippen LogP contribution in [0.15, 0.2) is 18.2 Å². The van der Waals surface area contributed by atoms with Crippen LogP contribution in [0.1, 0.15) is 19.8 Å². The van der Waals surface area contributed by atoms with Crippen molar-refractivity contribution in [3.05, 3.63) is 18.2 Å². The predicted molar refractivity (Wildman–Crippen MR) is 73.3 cm³/mol. The third kappa shape index (κ3) is 3.01. The summed E-state index contributed by atoms with van der Waals surface area (Å²) >= 11 is 0. The highest BCUT2D eigenvalue weighted by Crippen LogP contribution is 2.19. The molecule has 0 aliphatic rings. The lowest BCUT2D eigenvalue weighted by molar-refractivity contribution is -0.135. The van der Waals surface area contributed by atoms with Crippen LogP contribution in [0.5, 0.6) is 0 Å². The van der Waals surface area contributed by atoms with Crippen LogP contribution in [-0.4, -0.2) is 39.7 Å². The number of carboxylic acid groups (broad SMARTS) is 1. The van der Waals surface area contributed by atoms with E-state index in [-0.39, 0.29) is 6.54 Å². The molecule has 0 radical (unpaired) electrons. The van der Waals surface area contributed by atoms with E-state index >= 15 is 0 Å². The lowest BCUT2D eigenvalue weighted by atomic mass is 10.2. The predicted octanol–water partition coefficient (Wildman–Crippen LogP) is 1.75. The third-order valence-electron chi connectivity index (χ3n) is 3.03. The monoisotopic (exact) mass is 262 g/mol. The Bertz CT molecular complexity index is 579. The Labute approximate surface area is 111 Å². The summed E-state index contributed by atoms with van der Waals surface area (Å²) in [5.74, 6) is -0.853. The molecule has 0 bridgehead atoms. The number of unbranched alkanes of at least 4 members (excludes halogenated alkanes) is 1. The molecule has 1 N–H and O–H groups in total. The fourth-order valence-electron chi connectivity index (χ4n) is 1.97. The van der Waals surface area contributed by atoms with E-state index in [1.165, 1.54) is 0 Å². The normalized spacial score (nSPS) is 10.8. The van der Waals surface area contributed by atoms with Crippen LogP contribution in [0.4, 0.5) is 5.69 Å². The van der Waals surface area contributed by atoms with Crippen molar-refractivity contribution in [3.8, 4) is 0 Å². The highest BCUT2D eigenvalue weighted by molar-refractivity contribution is 5.80. The van der Waals surface area contributed by atoms with Gasteiger partial charge in [0.1, 0.15) is 12.1 Å². The molecule has 0 unspecified atom stereocenters. The SMILES string of the molecule is CCCCn1nnc2cc(N(C)CC(=O)O)ccc21. The molecule has 102 valence electrons. The van der Waals surface area contributed by atoms with Crippen LogP contribution >= 0.6 is 0 Å². The number of hydrogen-bond acceptors (Lipinski definition) is 4. The standard InChI is InChI=1S/C13H18N4O2/c1-3-4-7-17-12-6-5-10(8-11(12)14-15-17)16(2)9-13(18)19/h5-6,8H,3-4,7,9H2,1-2H3,(H,18,19). The molecule has 1 aromatic carbocycles. The number of fused-ring (bicyclic) bond motifs is 1. The molecule has 6 heteroatoms. The summed E-state index contributed by atoms with van der Waals surface area (Å²) in [7, 11) is 1.75. The largest absolute Gasteiger partial charge is 0.480 e. The average molecular weight is 262 g/mol. The summed E-state index contributed by atoms with van der Waals surface area (Å²) < 4.78 is 1.89. The summed E-state index contributed by atoms with van der Waals surface area (Å²) in [6.07, 6.45) is 2.18. The van der Waals surface area contributed by atoms with Crippen molar-refractivity contribution in [2.24, 2.45) is 0 Å². The Morgan fingerprint density at radius 1 is 1.47 bits per heavy atom. The van der Waals surface area contributed by atoms with Gasteiger partial charge < -0.3 is 10.0 Å². The topological polar surface area (TPSA) is 71.2 Å². The van der Waals surface area contributed by atoms with Gasteiger partial charge in [0.05, 0.1) is 5.52 Å². The van der Waals surface area contributed by atoms with Crippen LogP contribution in [0, 0.1) is 0 Å². The van der Waals surface area contributed by atoms with Crippen molar-refractivity contribution in [2.75, 3.05) is 18.5 Å². The summed E-state index contributed by atoms with van der Waals surface area (Å²) in [6.45, 7) is 2.96. The molecule has 0 amide bonds. The van der Waals surface area contributed by atoms with E-state index in [0.29, 0.717) is 0 Å². The van der Waals surface area contributed by atoms with Crippen molar-refractivity contribution < 1.29 is 9.90 Å². The number of aromatic nitrogens is 3. The van der Waals surface area contributed by atoms with Crippen LogP contribution in [0.3, 0.4) is 0 Å². The second-order valence-corrected chi connectivity index (χ2v) is 4.59. The molecule has 0 aliphatic carbocycles. The van der Waals surface area contributed by atoms with Gasteiger partial charge in [0.15, 0.2) is 0 Å². The molecular weight excluding hydrogens is 244 g/mol. The van der Waals surface area contributed by atoms with Gasteiger partial charge in [0.2, 0.25) is 0 Å². The van der Waals surface area contributed by atoms with Gasteiger partial charge in [-0.15, -0.1) is 5.10 Å². The van der Waals surface area contributed by atoms with Gasteiger partial charge in [0, 0.05) is 19.3 Å². The number of anilines is 1. The number of rotatable bonds is 6. The van der Waals surface area contributed by atoms with E-state index in [2.05, 4.69) is 17.2 Å². The molecule has 0 saturated carbocycles. The second kappa shape index (κ2) is 5.69. The molecule has 2 aromatic rings. The zero-order chi connectivity index (χ0) is 13.8. The fourth-order valence-corrected chi connectivity index (χ4v) is 1.97. The third-order valence-corrected chi connectivity index (χ3v) is 3.03. The van der Waals surface area contributed by atoms with Crippen molar-refractivity contribution >= 4 is 22.7 Å². The van der Waals surface area contributed by atoms with Crippen LogP contribution in [-0.2, 0) is 11.3 Å². The van der Waals surface area contributed by atoms with Gasteiger partial charge in [-0.05, 0) is 24.6 Å². The maximum absolute atomic E-state index is 10.7. The number of hydrogen-bond donors (Lipinski definition) is 1. The van der Waals surface area contributed by atoms with Crippen LogP contribution in [0.2, 0.25) is 0 Å². The van der Waals surface area contributed by atoms with E-state index in [0.717, 1.165) is 36.1 Å². The lowest BCUT2D eigenvalue weighted by Gasteiger charge is -2.16. The number of carboxylic acids is 1. The molecule has 1 heterocycles. The minimum Gasteiger partial charge on any atom is -0.480 e. The van der Waals surface area contributed by atoms with Crippen LogP contribution < -0.4 is 4.90 Å². The Balaban J connectivity index is 2.24. The van der Waals surface area contributed by atoms with Crippen molar-refractivity contribution in [1.29, 1.82) is 0 Å². The molecule has 6 nitrogen and oxygen atoms in total. The smallest absolute Gasteiger partial charge is 0.323 e. The Morgan fingerprint density at radius 2 is 2.26 bits per heavy atom. The Morgan fingerprint density at radius 3 is 2.95 bits per heavy atom. The number of likely N-dealkylation sites (N-methyl/N-ethyl adjacent to an activating group) is 1.